The minimum atomic E-state index is -4.08. The molecule has 2 N–H and O–H groups in total. The van der Waals surface area contributed by atoms with Crippen LogP contribution < -0.4 is 9.88 Å². The Morgan fingerprint density at radius 3 is 2.52 bits per heavy atom. The number of para-hydroxylation sites is 2. The Labute approximate surface area is 164 Å². The summed E-state index contributed by atoms with van der Waals surface area (Å²) < 4.78 is 61.3. The Kier molecular flexibility index (Phi) is 5.53. The summed E-state index contributed by atoms with van der Waals surface area (Å²) in [4.78, 5) is 16.4. The zero-order chi connectivity index (χ0) is 21.3. The lowest BCUT2D eigenvalue weighted by molar-refractivity contribution is 0.0230. The van der Waals surface area contributed by atoms with E-state index in [0.29, 0.717) is 10.1 Å². The van der Waals surface area contributed by atoms with Crippen LogP contribution in [0.5, 0.6) is 5.75 Å². The molecule has 154 valence electrons. The highest BCUT2D eigenvalue weighted by atomic mass is 32.2. The number of hydrogen-bond acceptors (Lipinski definition) is 6. The maximum absolute atomic E-state index is 13.6. The first-order valence-electron chi connectivity index (χ1n) is 8.30. The van der Waals surface area contributed by atoms with E-state index < -0.39 is 28.6 Å². The fourth-order valence-corrected chi connectivity index (χ4v) is 3.40. The first-order valence-corrected chi connectivity index (χ1v) is 9.85. The van der Waals surface area contributed by atoms with Crippen molar-refractivity contribution in [3.8, 4) is 5.75 Å². The van der Waals surface area contributed by atoms with Crippen molar-refractivity contribution in [2.75, 3.05) is 7.11 Å². The number of alkyl halides is 2. The van der Waals surface area contributed by atoms with Gasteiger partial charge in [0.1, 0.15) is 11.3 Å². The third-order valence-corrected chi connectivity index (χ3v) is 5.10. The van der Waals surface area contributed by atoms with E-state index in [1.165, 1.54) is 32.2 Å². The molecule has 0 spiro atoms. The number of benzene rings is 2. The fraction of sp³-hybridized carbons (Fsp3) is 0.222. The van der Waals surface area contributed by atoms with E-state index >= 15 is 0 Å². The number of esters is 1. The van der Waals surface area contributed by atoms with Crippen molar-refractivity contribution in [2.45, 2.75) is 24.5 Å². The van der Waals surface area contributed by atoms with Crippen LogP contribution in [0.2, 0.25) is 0 Å². The summed E-state index contributed by atoms with van der Waals surface area (Å²) in [5.74, 6) is -1.10. The molecule has 0 aliphatic heterocycles. The van der Waals surface area contributed by atoms with Crippen LogP contribution in [0.25, 0.3) is 11.0 Å². The van der Waals surface area contributed by atoms with E-state index in [-0.39, 0.29) is 27.5 Å². The second kappa shape index (κ2) is 7.76. The van der Waals surface area contributed by atoms with Crippen molar-refractivity contribution in [1.29, 1.82) is 0 Å². The predicted molar refractivity (Wildman–Crippen MR) is 99.2 cm³/mol. The van der Waals surface area contributed by atoms with Crippen LogP contribution in [0.4, 0.5) is 8.78 Å². The van der Waals surface area contributed by atoms with Gasteiger partial charge in [0.05, 0.1) is 23.0 Å². The monoisotopic (exact) mass is 425 g/mol. The van der Waals surface area contributed by atoms with Gasteiger partial charge in [0.15, 0.2) is 11.9 Å². The van der Waals surface area contributed by atoms with Crippen molar-refractivity contribution >= 4 is 27.0 Å². The second-order valence-corrected chi connectivity index (χ2v) is 7.62. The summed E-state index contributed by atoms with van der Waals surface area (Å²) in [5, 5.41) is 5.09. The Morgan fingerprint density at radius 2 is 1.90 bits per heavy atom. The van der Waals surface area contributed by atoms with Crippen molar-refractivity contribution in [1.82, 2.24) is 9.55 Å². The van der Waals surface area contributed by atoms with E-state index in [0.717, 1.165) is 6.07 Å². The number of nitrogens with zero attached hydrogens (tertiary/aromatic N) is 2. The van der Waals surface area contributed by atoms with Gasteiger partial charge < -0.3 is 9.47 Å². The number of carbonyl (C=O) groups excluding carboxylic acids is 1. The molecule has 2 aromatic carbocycles. The number of primary sulfonamides is 1. The van der Waals surface area contributed by atoms with Crippen LogP contribution in [0.15, 0.2) is 47.4 Å². The normalized spacial score (nSPS) is 12.9. The van der Waals surface area contributed by atoms with Crippen LogP contribution >= 0.6 is 0 Å². The fourth-order valence-electron chi connectivity index (χ4n) is 2.86. The zero-order valence-corrected chi connectivity index (χ0v) is 16.2. The molecule has 0 fully saturated rings. The molecule has 1 atom stereocenters. The van der Waals surface area contributed by atoms with Gasteiger partial charge in [0.2, 0.25) is 10.0 Å². The van der Waals surface area contributed by atoms with Crippen LogP contribution in [0.1, 0.15) is 35.8 Å². The molecule has 8 nitrogen and oxygen atoms in total. The van der Waals surface area contributed by atoms with Crippen LogP contribution in [0.3, 0.4) is 0 Å². The third-order valence-electron chi connectivity index (χ3n) is 4.19. The van der Waals surface area contributed by atoms with Crippen LogP contribution in [-0.2, 0) is 14.8 Å². The van der Waals surface area contributed by atoms with E-state index in [1.54, 1.807) is 18.2 Å². The number of ether oxygens (including phenoxy) is 2. The SMILES string of the molecule is COc1ccc(S(N)(=O)=O)cc1C(=O)OC(C)c1nc2ccccc2n1C(F)F. The molecule has 3 aromatic rings. The highest BCUT2D eigenvalue weighted by molar-refractivity contribution is 7.89. The number of carbonyl (C=O) groups is 1. The van der Waals surface area contributed by atoms with Crippen molar-refractivity contribution in [3.63, 3.8) is 0 Å². The summed E-state index contributed by atoms with van der Waals surface area (Å²) >= 11 is 0. The van der Waals surface area contributed by atoms with Crippen molar-refractivity contribution in [2.24, 2.45) is 5.14 Å². The predicted octanol–water partition coefficient (Wildman–Crippen LogP) is 3.01. The number of hydrogen-bond donors (Lipinski definition) is 1. The summed E-state index contributed by atoms with van der Waals surface area (Å²) in [5.41, 5.74) is 0.291. The Hall–Kier alpha value is -3.05. The number of methoxy groups -OCH3 is 1. The van der Waals surface area contributed by atoms with Gasteiger partial charge in [-0.1, -0.05) is 12.1 Å². The van der Waals surface area contributed by atoms with Gasteiger partial charge in [0.25, 0.3) is 0 Å². The summed E-state index contributed by atoms with van der Waals surface area (Å²) in [6, 6.07) is 9.69. The molecular formula is C18H17F2N3O5S. The van der Waals surface area contributed by atoms with Crippen LogP contribution in [0, 0.1) is 0 Å². The van der Waals surface area contributed by atoms with Gasteiger partial charge in [-0.15, -0.1) is 0 Å². The lowest BCUT2D eigenvalue weighted by Gasteiger charge is -2.16. The third kappa shape index (κ3) is 4.05. The lowest BCUT2D eigenvalue weighted by Crippen LogP contribution is -2.17. The standard InChI is InChI=1S/C18H17F2N3O5S/c1-10(16-22-13-5-3-4-6-14(13)23(16)18(19)20)28-17(24)12-9-11(29(21,25)26)7-8-15(12)27-2/h3-10,18H,1-2H3,(H2,21,25,26). The number of aromatic nitrogens is 2. The molecule has 0 saturated heterocycles. The molecule has 11 heteroatoms. The number of imidazole rings is 1. The Balaban J connectivity index is 1.98. The van der Waals surface area contributed by atoms with E-state index in [4.69, 9.17) is 14.6 Å². The zero-order valence-electron chi connectivity index (χ0n) is 15.4. The molecule has 1 aromatic heterocycles. The van der Waals surface area contributed by atoms with E-state index in [9.17, 15) is 22.0 Å². The molecule has 0 saturated carbocycles. The maximum Gasteiger partial charge on any atom is 0.342 e. The first kappa shape index (κ1) is 20.7. The van der Waals surface area contributed by atoms with Gasteiger partial charge in [-0.3, -0.25) is 4.57 Å². The highest BCUT2D eigenvalue weighted by Gasteiger charge is 2.26. The Bertz CT molecular complexity index is 1180. The highest BCUT2D eigenvalue weighted by Crippen LogP contribution is 2.30. The van der Waals surface area contributed by atoms with E-state index in [1.807, 2.05) is 0 Å². The number of rotatable bonds is 6. The van der Waals surface area contributed by atoms with Crippen molar-refractivity contribution < 1.29 is 31.5 Å². The molecule has 0 bridgehead atoms. The van der Waals surface area contributed by atoms with Gasteiger partial charge in [-0.2, -0.15) is 8.78 Å². The minimum Gasteiger partial charge on any atom is -0.496 e. The molecule has 1 heterocycles. The van der Waals surface area contributed by atoms with Gasteiger partial charge in [-0.05, 0) is 37.3 Å². The molecule has 0 radical (unpaired) electrons. The summed E-state index contributed by atoms with van der Waals surface area (Å²) in [7, 11) is -2.80. The molecular weight excluding hydrogens is 408 g/mol. The number of halogens is 2. The van der Waals surface area contributed by atoms with E-state index in [2.05, 4.69) is 4.98 Å². The van der Waals surface area contributed by atoms with Crippen molar-refractivity contribution in [3.05, 3.63) is 53.9 Å². The topological polar surface area (TPSA) is 114 Å². The molecule has 1 unspecified atom stereocenters. The average Bonchev–Trinajstić information content (AvgIpc) is 3.06. The molecule has 0 amide bonds. The second-order valence-electron chi connectivity index (χ2n) is 6.06. The van der Waals surface area contributed by atoms with Gasteiger partial charge in [-0.25, -0.2) is 23.3 Å². The Morgan fingerprint density at radius 1 is 1.21 bits per heavy atom. The number of nitrogens with two attached hydrogens (primary N) is 1. The molecule has 0 aliphatic rings. The molecule has 0 aliphatic carbocycles. The summed E-state index contributed by atoms with van der Waals surface area (Å²) in [6.45, 7) is -1.52. The average molecular weight is 425 g/mol. The lowest BCUT2D eigenvalue weighted by atomic mass is 10.2. The first-order chi connectivity index (χ1) is 13.6. The molecule has 3 rings (SSSR count). The largest absolute Gasteiger partial charge is 0.496 e. The maximum atomic E-state index is 13.6. The number of sulfonamides is 1. The van der Waals surface area contributed by atoms with Gasteiger partial charge in [0, 0.05) is 0 Å². The number of fused-ring (bicyclic) bond motifs is 1. The quantitative estimate of drug-likeness (QED) is 0.608. The summed E-state index contributed by atoms with van der Waals surface area (Å²) in [6.07, 6.45) is -1.16. The molecule has 29 heavy (non-hydrogen) atoms. The van der Waals surface area contributed by atoms with Crippen LogP contribution in [-0.4, -0.2) is 31.0 Å². The minimum absolute atomic E-state index is 0.0389. The smallest absolute Gasteiger partial charge is 0.342 e. The van der Waals surface area contributed by atoms with Gasteiger partial charge >= 0.3 is 12.5 Å².